The monoisotopic (exact) mass is 1030 g/mol. The highest BCUT2D eigenvalue weighted by atomic mass is 16.9. The van der Waals surface area contributed by atoms with Gasteiger partial charge < -0.3 is 44.5 Å². The zero-order valence-corrected chi connectivity index (χ0v) is 47.0. The minimum absolute atomic E-state index is 0.249. The first-order valence-corrected chi connectivity index (χ1v) is 30.1. The Bertz CT molecular complexity index is 1450. The van der Waals surface area contributed by atoms with Gasteiger partial charge in [-0.15, -0.1) is 0 Å². The van der Waals surface area contributed by atoms with Crippen molar-refractivity contribution < 1.29 is 58.9 Å². The summed E-state index contributed by atoms with van der Waals surface area (Å²) in [6.07, 6.45) is 49.1. The lowest BCUT2D eigenvalue weighted by atomic mass is 9.89. The van der Waals surface area contributed by atoms with E-state index in [1.165, 1.54) is 116 Å². The number of ether oxygens (including phenoxy) is 4. The summed E-state index contributed by atoms with van der Waals surface area (Å²) in [6, 6.07) is 0. The lowest BCUT2D eigenvalue weighted by Gasteiger charge is -2.54. The molecule has 5 N–H and O–H groups in total. The maximum absolute atomic E-state index is 13.6. The third kappa shape index (κ3) is 30.7. The van der Waals surface area contributed by atoms with E-state index in [0.29, 0.717) is 38.5 Å². The molecular weight excluding hydrogens is 925 g/mol. The molecule has 1 saturated heterocycles. The predicted molar refractivity (Wildman–Crippen MR) is 294 cm³/mol. The summed E-state index contributed by atoms with van der Waals surface area (Å²) in [5.41, 5.74) is 0. The quantitative estimate of drug-likeness (QED) is 0.0128. The molecule has 1 rings (SSSR count). The number of carbonyl (C=O) groups excluding carboxylic acids is 3. The van der Waals surface area contributed by atoms with E-state index in [1.54, 1.807) is 6.92 Å². The molecule has 6 atom stereocenters. The van der Waals surface area contributed by atoms with Crippen molar-refractivity contribution in [2.45, 2.75) is 321 Å². The van der Waals surface area contributed by atoms with Gasteiger partial charge in [0.15, 0.2) is 6.10 Å². The van der Waals surface area contributed by atoms with Crippen molar-refractivity contribution in [2.24, 2.45) is 5.92 Å². The predicted octanol–water partition coefficient (Wildman–Crippen LogP) is 14.7. The van der Waals surface area contributed by atoms with Gasteiger partial charge in [0, 0.05) is 12.8 Å². The molecule has 2 unspecified atom stereocenters. The Morgan fingerprint density at radius 3 is 1.14 bits per heavy atom. The van der Waals surface area contributed by atoms with Gasteiger partial charge in [-0.2, -0.15) is 0 Å². The van der Waals surface area contributed by atoms with Crippen LogP contribution in [0, 0.1) is 5.92 Å². The average Bonchev–Trinajstić information content (AvgIpc) is 3.37. The first kappa shape index (κ1) is 68.4. The second-order valence-electron chi connectivity index (χ2n) is 21.2. The van der Waals surface area contributed by atoms with Gasteiger partial charge in [-0.1, -0.05) is 218 Å². The molecular formula is C61H110O12. The molecule has 1 aliphatic rings. The fourth-order valence-corrected chi connectivity index (χ4v) is 9.35. The van der Waals surface area contributed by atoms with Crippen molar-refractivity contribution in [3.63, 3.8) is 0 Å². The largest absolute Gasteiger partial charge is 0.422 e. The lowest BCUT2D eigenvalue weighted by molar-refractivity contribution is -0.557. The van der Waals surface area contributed by atoms with E-state index in [1.807, 2.05) is 0 Å². The van der Waals surface area contributed by atoms with E-state index in [-0.39, 0.29) is 12.8 Å². The molecule has 0 aromatic heterocycles. The minimum Gasteiger partial charge on any atom is -0.422 e. The van der Waals surface area contributed by atoms with Crippen LogP contribution < -0.4 is 0 Å². The van der Waals surface area contributed by atoms with Crippen molar-refractivity contribution in [2.75, 3.05) is 6.61 Å². The highest BCUT2D eigenvalue weighted by molar-refractivity contribution is 5.73. The van der Waals surface area contributed by atoms with Crippen LogP contribution in [0.5, 0.6) is 0 Å². The normalized spacial score (nSPS) is 21.7. The van der Waals surface area contributed by atoms with Crippen molar-refractivity contribution in [3.05, 3.63) is 36.5 Å². The Hall–Kier alpha value is -2.61. The van der Waals surface area contributed by atoms with Crippen molar-refractivity contribution in [3.8, 4) is 0 Å². The van der Waals surface area contributed by atoms with Crippen LogP contribution in [0.4, 0.5) is 0 Å². The maximum atomic E-state index is 13.6. The maximum Gasteiger partial charge on any atom is 0.404 e. The second-order valence-corrected chi connectivity index (χ2v) is 21.2. The Morgan fingerprint density at radius 2 is 0.781 bits per heavy atom. The Kier molecular flexibility index (Phi) is 41.7. The van der Waals surface area contributed by atoms with Crippen LogP contribution in [0.3, 0.4) is 0 Å². The number of carbonyl (C=O) groups is 3. The zero-order chi connectivity index (χ0) is 53.7. The van der Waals surface area contributed by atoms with Gasteiger partial charge in [-0.05, 0) is 96.3 Å². The van der Waals surface area contributed by atoms with Crippen LogP contribution in [0.2, 0.25) is 0 Å². The summed E-state index contributed by atoms with van der Waals surface area (Å²) in [4.78, 5) is 40.5. The first-order chi connectivity index (χ1) is 35.4. The summed E-state index contributed by atoms with van der Waals surface area (Å²) in [5.74, 6) is -15.3. The molecule has 12 nitrogen and oxygen atoms in total. The third-order valence-corrected chi connectivity index (χ3v) is 14.3. The van der Waals surface area contributed by atoms with Crippen LogP contribution in [-0.4, -0.2) is 79.8 Å². The lowest BCUT2D eigenvalue weighted by Crippen LogP contribution is -2.82. The summed E-state index contributed by atoms with van der Waals surface area (Å²) in [6.45, 7) is 7.17. The molecule has 1 aliphatic heterocycles. The smallest absolute Gasteiger partial charge is 0.404 e. The van der Waals surface area contributed by atoms with Crippen LogP contribution in [0.15, 0.2) is 36.5 Å². The molecule has 0 aromatic rings. The molecule has 0 saturated carbocycles. The molecule has 1 heterocycles. The summed E-state index contributed by atoms with van der Waals surface area (Å²) < 4.78 is 21.5. The Balaban J connectivity index is 2.90. The molecule has 0 spiro atoms. The van der Waals surface area contributed by atoms with E-state index < -0.39 is 60.2 Å². The summed E-state index contributed by atoms with van der Waals surface area (Å²) in [7, 11) is 0. The SMILES string of the molecule is CCCCCCCC/C=C\CCCCCCCC(=O)O[C@@]1(O)[C@@H](O)[C@@H](CO)OC(O)(OC(=O)C(C)CCCCCC/C=C\CCCCCCCC)[C@]1(O)OC(=O)CCCCCCC/C=C\CCCCCCCC. The first-order valence-electron chi connectivity index (χ1n) is 30.1. The van der Waals surface area contributed by atoms with Crippen LogP contribution in [0.25, 0.3) is 0 Å². The highest BCUT2D eigenvalue weighted by Gasteiger charge is 2.80. The van der Waals surface area contributed by atoms with Gasteiger partial charge in [0.2, 0.25) is 0 Å². The number of allylic oxidation sites excluding steroid dienone is 6. The minimum atomic E-state index is -3.86. The van der Waals surface area contributed by atoms with Gasteiger partial charge >= 0.3 is 35.5 Å². The molecule has 1 fully saturated rings. The standard InChI is InChI=1S/C61H110O12/c1-5-8-11-14-17-20-23-26-29-32-35-38-41-44-47-50-55(63)71-59(67)57(65)54(52-62)70-61(69,73-58(66)53(4)49-46-43-40-37-34-31-28-25-22-19-16-13-10-7-3)60(59,68)72-56(64)51-48-45-42-39-36-33-30-27-24-21-18-15-12-9-6-2/h26-31,53-54,57,62,65,67-69H,5-25,32-52H2,1-4H3/b29-26-,30-27-,31-28-/t53?,54-,57+,59+,60-,61?/m1/s1. The number of rotatable bonds is 49. The van der Waals surface area contributed by atoms with Gasteiger partial charge in [0.1, 0.15) is 6.10 Å². The van der Waals surface area contributed by atoms with Crippen molar-refractivity contribution in [1.82, 2.24) is 0 Å². The molecule has 0 amide bonds. The van der Waals surface area contributed by atoms with Crippen molar-refractivity contribution in [1.29, 1.82) is 0 Å². The molecule has 0 radical (unpaired) electrons. The van der Waals surface area contributed by atoms with Crippen LogP contribution >= 0.6 is 0 Å². The third-order valence-electron chi connectivity index (χ3n) is 14.3. The van der Waals surface area contributed by atoms with Gasteiger partial charge in [-0.3, -0.25) is 14.4 Å². The van der Waals surface area contributed by atoms with Gasteiger partial charge in [-0.25, -0.2) is 0 Å². The van der Waals surface area contributed by atoms with Crippen LogP contribution in [-0.2, 0) is 33.3 Å². The average molecular weight is 1040 g/mol. The number of hydrogen-bond acceptors (Lipinski definition) is 12. The van der Waals surface area contributed by atoms with Crippen molar-refractivity contribution >= 4 is 17.9 Å². The summed E-state index contributed by atoms with van der Waals surface area (Å²) in [5, 5.41) is 57.8. The molecule has 12 heteroatoms. The molecule has 0 aliphatic carbocycles. The fraction of sp³-hybridized carbons (Fsp3) is 0.852. The highest BCUT2D eigenvalue weighted by Crippen LogP contribution is 2.47. The number of esters is 3. The number of aliphatic hydroxyl groups excluding tert-OH is 2. The van der Waals surface area contributed by atoms with E-state index in [2.05, 4.69) is 57.2 Å². The second kappa shape index (κ2) is 44.5. The Morgan fingerprint density at radius 1 is 0.466 bits per heavy atom. The topological polar surface area (TPSA) is 189 Å². The van der Waals surface area contributed by atoms with E-state index in [9.17, 15) is 39.9 Å². The van der Waals surface area contributed by atoms with Crippen LogP contribution in [0.1, 0.15) is 291 Å². The van der Waals surface area contributed by atoms with E-state index in [0.717, 1.165) is 96.3 Å². The molecule has 0 bridgehead atoms. The molecule has 0 aromatic carbocycles. The summed E-state index contributed by atoms with van der Waals surface area (Å²) >= 11 is 0. The Labute approximate surface area is 444 Å². The van der Waals surface area contributed by atoms with E-state index >= 15 is 0 Å². The van der Waals surface area contributed by atoms with Gasteiger partial charge in [0.25, 0.3) is 0 Å². The molecule has 73 heavy (non-hydrogen) atoms. The number of unbranched alkanes of at least 4 members (excludes halogenated alkanes) is 32. The zero-order valence-electron chi connectivity index (χ0n) is 47.0. The number of hydrogen-bond donors (Lipinski definition) is 5. The molecule has 426 valence electrons. The van der Waals surface area contributed by atoms with Gasteiger partial charge in [0.05, 0.1) is 12.5 Å². The fourth-order valence-electron chi connectivity index (χ4n) is 9.35. The van der Waals surface area contributed by atoms with E-state index in [4.69, 9.17) is 18.9 Å². The number of aliphatic hydroxyl groups is 5.